The van der Waals surface area contributed by atoms with Gasteiger partial charge in [-0.05, 0) is 36.3 Å². The summed E-state index contributed by atoms with van der Waals surface area (Å²) in [5.74, 6) is 0.520. The molecular formula is C32H40BrN2O4+. The number of ether oxygens (including phenoxy) is 2. The lowest BCUT2D eigenvalue weighted by atomic mass is 9.73. The molecule has 7 heteroatoms. The number of fused-ring (bicyclic) bond motifs is 2. The van der Waals surface area contributed by atoms with Gasteiger partial charge in [-0.1, -0.05) is 61.4 Å². The van der Waals surface area contributed by atoms with Gasteiger partial charge in [-0.25, -0.2) is 4.79 Å². The number of benzene rings is 2. The van der Waals surface area contributed by atoms with E-state index in [1.165, 1.54) is 44.4 Å². The van der Waals surface area contributed by atoms with E-state index in [4.69, 9.17) is 9.47 Å². The fourth-order valence-corrected chi connectivity index (χ4v) is 8.22. The normalized spacial score (nSPS) is 30.5. The first-order valence-electron chi connectivity index (χ1n) is 14.2. The van der Waals surface area contributed by atoms with Crippen LogP contribution in [0.15, 0.2) is 65.9 Å². The predicted octanol–water partition coefficient (Wildman–Crippen LogP) is 5.92. The largest absolute Gasteiger partial charge is 0.466 e. The third-order valence-electron chi connectivity index (χ3n) is 9.81. The summed E-state index contributed by atoms with van der Waals surface area (Å²) in [6.45, 7) is 4.58. The summed E-state index contributed by atoms with van der Waals surface area (Å²) in [4.78, 5) is 24.9. The Morgan fingerprint density at radius 1 is 1.03 bits per heavy atom. The number of nitrogens with zero attached hydrogens (tertiary/aromatic N) is 1. The standard InChI is InChI=1S/C32H38N2O4.BrH/c1-22(35)38-20-25-13-7-6-12-24(25)16-26-17-32-21-34(26,18-23-10-4-3-5-11-23)19-27(31(36)37-2)30(32)33-29-15-9-8-14-28(29)32;/h3-5,8-11,14-15,24-26H,6-7,12-13,16-21H2,1-2H3;1H/p+1. The van der Waals surface area contributed by atoms with Crippen LogP contribution in [-0.4, -0.2) is 49.3 Å². The van der Waals surface area contributed by atoms with Crippen molar-refractivity contribution in [2.24, 2.45) is 11.8 Å². The summed E-state index contributed by atoms with van der Waals surface area (Å²) in [6, 6.07) is 19.7. The second-order valence-corrected chi connectivity index (χ2v) is 12.0. The van der Waals surface area contributed by atoms with E-state index in [1.807, 2.05) is 0 Å². The molecule has 1 N–H and O–H groups in total. The Labute approximate surface area is 242 Å². The average Bonchev–Trinajstić information content (AvgIpc) is 3.39. The van der Waals surface area contributed by atoms with Crippen LogP contribution in [0.5, 0.6) is 0 Å². The smallest absolute Gasteiger partial charge is 0.341 e. The predicted molar refractivity (Wildman–Crippen MR) is 156 cm³/mol. The van der Waals surface area contributed by atoms with Crippen LogP contribution in [0.25, 0.3) is 0 Å². The van der Waals surface area contributed by atoms with Gasteiger partial charge in [0.25, 0.3) is 0 Å². The summed E-state index contributed by atoms with van der Waals surface area (Å²) in [5, 5.41) is 3.68. The van der Waals surface area contributed by atoms with Crippen molar-refractivity contribution in [2.75, 3.05) is 32.1 Å². The van der Waals surface area contributed by atoms with Gasteiger partial charge in [-0.15, -0.1) is 17.0 Å². The summed E-state index contributed by atoms with van der Waals surface area (Å²) >= 11 is 0. The highest BCUT2D eigenvalue weighted by atomic mass is 79.9. The van der Waals surface area contributed by atoms with Gasteiger partial charge in [-0.3, -0.25) is 4.79 Å². The Morgan fingerprint density at radius 3 is 2.49 bits per heavy atom. The van der Waals surface area contributed by atoms with Crippen molar-refractivity contribution in [1.82, 2.24) is 0 Å². The summed E-state index contributed by atoms with van der Waals surface area (Å²) in [6.07, 6.45) is 6.84. The number of rotatable bonds is 7. The van der Waals surface area contributed by atoms with Crippen LogP contribution in [0.3, 0.4) is 0 Å². The number of hydrogen-bond acceptors (Lipinski definition) is 5. The van der Waals surface area contributed by atoms with Gasteiger partial charge in [-0.2, -0.15) is 0 Å². The van der Waals surface area contributed by atoms with Crippen molar-refractivity contribution in [1.29, 1.82) is 0 Å². The van der Waals surface area contributed by atoms with E-state index < -0.39 is 0 Å². The molecule has 208 valence electrons. The fraction of sp³-hybridized carbons (Fsp3) is 0.500. The van der Waals surface area contributed by atoms with E-state index in [-0.39, 0.29) is 34.3 Å². The SMILES string of the molecule is Br.COC(=O)C1=C2Nc3ccccc3C23CC(CC2CCCCC2COC(C)=O)[N+](Cc2ccccc2)(C1)C3. The molecule has 1 spiro atoms. The summed E-state index contributed by atoms with van der Waals surface area (Å²) < 4.78 is 11.8. The molecule has 1 aliphatic carbocycles. The molecule has 2 aromatic carbocycles. The van der Waals surface area contributed by atoms with Crippen molar-refractivity contribution in [3.05, 3.63) is 77.0 Å². The minimum absolute atomic E-state index is 0. The number of carbonyl (C=O) groups excluding carboxylic acids is 2. The van der Waals surface area contributed by atoms with Gasteiger partial charge in [0.05, 0.1) is 31.7 Å². The molecule has 3 heterocycles. The number of hydrogen-bond donors (Lipinski definition) is 1. The molecule has 6 rings (SSSR count). The van der Waals surface area contributed by atoms with Crippen LogP contribution in [0.4, 0.5) is 5.69 Å². The van der Waals surface area contributed by atoms with Crippen LogP contribution in [0, 0.1) is 11.8 Å². The first kappa shape index (κ1) is 27.9. The van der Waals surface area contributed by atoms with Crippen LogP contribution in [0.2, 0.25) is 0 Å². The van der Waals surface area contributed by atoms with E-state index >= 15 is 0 Å². The van der Waals surface area contributed by atoms with Crippen molar-refractivity contribution >= 4 is 34.6 Å². The second-order valence-electron chi connectivity index (χ2n) is 12.0. The number of quaternary nitrogens is 1. The Morgan fingerprint density at radius 2 is 1.74 bits per heavy atom. The zero-order chi connectivity index (χ0) is 26.3. The number of esters is 2. The van der Waals surface area contributed by atoms with E-state index in [0.29, 0.717) is 31.0 Å². The molecule has 6 nitrogen and oxygen atoms in total. The maximum absolute atomic E-state index is 13.3. The highest BCUT2D eigenvalue weighted by molar-refractivity contribution is 8.93. The Kier molecular flexibility index (Phi) is 7.93. The second kappa shape index (κ2) is 11.1. The molecule has 1 saturated carbocycles. The Balaban J connectivity index is 0.00000308. The zero-order valence-corrected chi connectivity index (χ0v) is 24.7. The van der Waals surface area contributed by atoms with Gasteiger partial charge in [0, 0.05) is 36.7 Å². The fourth-order valence-electron chi connectivity index (χ4n) is 8.22. The molecule has 0 amide bonds. The summed E-state index contributed by atoms with van der Waals surface area (Å²) in [5.41, 5.74) is 5.40. The van der Waals surface area contributed by atoms with Crippen LogP contribution < -0.4 is 5.32 Å². The quantitative estimate of drug-likeness (QED) is 0.318. The van der Waals surface area contributed by atoms with Crippen molar-refractivity contribution in [2.45, 2.75) is 63.5 Å². The summed E-state index contributed by atoms with van der Waals surface area (Å²) in [7, 11) is 1.50. The maximum atomic E-state index is 13.3. The highest BCUT2D eigenvalue weighted by Crippen LogP contribution is 2.59. The van der Waals surface area contributed by atoms with Gasteiger partial charge in [0.15, 0.2) is 0 Å². The number of nitrogens with one attached hydrogen (secondary N) is 1. The van der Waals surface area contributed by atoms with Crippen molar-refractivity contribution < 1.29 is 23.5 Å². The highest BCUT2D eigenvalue weighted by Gasteiger charge is 2.65. The Bertz CT molecular complexity index is 1260. The molecule has 5 atom stereocenters. The molecule has 39 heavy (non-hydrogen) atoms. The number of anilines is 1. The molecule has 2 bridgehead atoms. The number of halogens is 1. The van der Waals surface area contributed by atoms with Gasteiger partial charge >= 0.3 is 11.9 Å². The lowest BCUT2D eigenvalue weighted by Gasteiger charge is -2.45. The molecule has 0 aromatic heterocycles. The van der Waals surface area contributed by atoms with E-state index in [0.717, 1.165) is 53.8 Å². The third-order valence-corrected chi connectivity index (χ3v) is 9.81. The van der Waals surface area contributed by atoms with E-state index in [9.17, 15) is 9.59 Å². The number of para-hydroxylation sites is 1. The lowest BCUT2D eigenvalue weighted by Crippen LogP contribution is -2.57. The van der Waals surface area contributed by atoms with Gasteiger partial charge < -0.3 is 19.3 Å². The number of methoxy groups -OCH3 is 1. The molecule has 4 aliphatic rings. The van der Waals surface area contributed by atoms with E-state index in [1.54, 1.807) is 0 Å². The molecular weight excluding hydrogens is 556 g/mol. The van der Waals surface area contributed by atoms with Crippen LogP contribution in [-0.2, 0) is 31.0 Å². The topological polar surface area (TPSA) is 64.6 Å². The molecule has 5 unspecified atom stereocenters. The van der Waals surface area contributed by atoms with Crippen LogP contribution in [0.1, 0.15) is 56.6 Å². The van der Waals surface area contributed by atoms with E-state index in [2.05, 4.69) is 59.9 Å². The number of carbonyl (C=O) groups is 2. The van der Waals surface area contributed by atoms with Crippen molar-refractivity contribution in [3.63, 3.8) is 0 Å². The lowest BCUT2D eigenvalue weighted by molar-refractivity contribution is -0.950. The van der Waals surface area contributed by atoms with Gasteiger partial charge in [0.2, 0.25) is 0 Å². The van der Waals surface area contributed by atoms with Crippen LogP contribution >= 0.6 is 17.0 Å². The minimum atomic E-state index is -0.217. The first-order chi connectivity index (χ1) is 18.4. The third kappa shape index (κ3) is 4.93. The van der Waals surface area contributed by atoms with Gasteiger partial charge in [0.1, 0.15) is 18.7 Å². The molecule has 0 radical (unpaired) electrons. The molecule has 2 aromatic rings. The molecule has 1 saturated heterocycles. The molecule has 2 fully saturated rings. The maximum Gasteiger partial charge on any atom is 0.341 e. The zero-order valence-electron chi connectivity index (χ0n) is 23.0. The first-order valence-corrected chi connectivity index (χ1v) is 14.2. The molecule has 3 aliphatic heterocycles. The monoisotopic (exact) mass is 595 g/mol. The Hall–Kier alpha value is -2.64. The average molecular weight is 597 g/mol. The van der Waals surface area contributed by atoms with Crippen molar-refractivity contribution in [3.8, 4) is 0 Å². The minimum Gasteiger partial charge on any atom is -0.466 e.